The van der Waals surface area contributed by atoms with E-state index < -0.39 is 0 Å². The molecule has 24 heavy (non-hydrogen) atoms. The van der Waals surface area contributed by atoms with Gasteiger partial charge in [-0.25, -0.2) is 4.98 Å². The molecule has 5 nitrogen and oxygen atoms in total. The number of rotatable bonds is 7. The molecule has 1 atom stereocenters. The molecule has 6 heteroatoms. The van der Waals surface area contributed by atoms with E-state index in [9.17, 15) is 0 Å². The minimum atomic E-state index is 0. The number of hydrogen-bond acceptors (Lipinski definition) is 5. The quantitative estimate of drug-likeness (QED) is 0.716. The molecule has 1 N–H and O–H groups in total. The van der Waals surface area contributed by atoms with Crippen LogP contribution in [0.5, 0.6) is 5.75 Å². The maximum absolute atomic E-state index is 5.86. The summed E-state index contributed by atoms with van der Waals surface area (Å²) in [7, 11) is 0. The minimum absolute atomic E-state index is 0. The van der Waals surface area contributed by atoms with Crippen molar-refractivity contribution in [3.05, 3.63) is 47.4 Å². The number of ether oxygens (including phenoxy) is 1. The molecule has 2 rings (SSSR count). The maximum atomic E-state index is 5.86. The molecule has 0 bridgehead atoms. The van der Waals surface area contributed by atoms with Crippen molar-refractivity contribution in [3.8, 4) is 5.75 Å². The van der Waals surface area contributed by atoms with Crippen LogP contribution in [0.1, 0.15) is 44.4 Å². The Kier molecular flexibility index (Phi) is 8.64. The van der Waals surface area contributed by atoms with Gasteiger partial charge in [0.05, 0.1) is 6.04 Å². The second-order valence-electron chi connectivity index (χ2n) is 5.90. The van der Waals surface area contributed by atoms with Crippen molar-refractivity contribution in [1.82, 2.24) is 15.0 Å². The summed E-state index contributed by atoms with van der Waals surface area (Å²) in [6, 6.07) is 8.21. The van der Waals surface area contributed by atoms with Gasteiger partial charge < -0.3 is 16.0 Å². The average Bonchev–Trinajstić information content (AvgIpc) is 2.52. The van der Waals surface area contributed by atoms with Crippen molar-refractivity contribution in [3.63, 3.8) is 0 Å². The Bertz CT molecular complexity index is 631. The van der Waals surface area contributed by atoms with Crippen LogP contribution in [0.15, 0.2) is 24.3 Å². The van der Waals surface area contributed by atoms with E-state index in [0.717, 1.165) is 23.9 Å². The molecule has 0 radical (unpaired) electrons. The van der Waals surface area contributed by atoms with E-state index in [1.807, 2.05) is 45.0 Å². The first-order chi connectivity index (χ1) is 11.0. The zero-order chi connectivity index (χ0) is 16.8. The van der Waals surface area contributed by atoms with Gasteiger partial charge >= 0.3 is 32.7 Å². The largest absolute Gasteiger partial charge is 3.00 e. The molecular formula is C18H25N4OY+2. The summed E-state index contributed by atoms with van der Waals surface area (Å²) in [5.74, 6) is 4.00. The third-order valence-corrected chi connectivity index (χ3v) is 3.49. The van der Waals surface area contributed by atoms with Gasteiger partial charge in [-0.05, 0) is 32.4 Å². The number of anilines is 1. The monoisotopic (exact) mass is 402 g/mol. The number of hydrogen-bond donors (Lipinski definition) is 1. The zero-order valence-electron chi connectivity index (χ0n) is 15.1. The van der Waals surface area contributed by atoms with Crippen LogP contribution in [0.3, 0.4) is 0 Å². The smallest absolute Gasteiger partial charge is 0.491 e. The number of aromatic nitrogens is 3. The Morgan fingerprint density at radius 2 is 1.75 bits per heavy atom. The molecule has 0 amide bonds. The predicted molar refractivity (Wildman–Crippen MR) is 92.6 cm³/mol. The first-order valence-corrected chi connectivity index (χ1v) is 7.97. The van der Waals surface area contributed by atoms with E-state index >= 15 is 0 Å². The molecule has 0 saturated carbocycles. The standard InChI is InChI=1S/C18H25N4O.Y/c1-6-15(11-23-16-9-7-13(4)8-10-16)21-18-20-14(5)19-17(22-18)12(2)3;/h7-10,15H,6,11H2,1-5H3,(H,19,20,21,22);/q-1;+3. The van der Waals surface area contributed by atoms with Gasteiger partial charge in [-0.3, -0.25) is 4.98 Å². The number of nitrogens with zero attached hydrogens (tertiary/aromatic N) is 3. The third kappa shape index (κ3) is 6.36. The molecule has 0 fully saturated rings. The van der Waals surface area contributed by atoms with E-state index in [1.165, 1.54) is 5.56 Å². The van der Waals surface area contributed by atoms with Crippen LogP contribution < -0.4 is 10.1 Å². The van der Waals surface area contributed by atoms with Crippen molar-refractivity contribution in [2.75, 3.05) is 11.9 Å². The van der Waals surface area contributed by atoms with Crippen LogP contribution in [0.4, 0.5) is 5.95 Å². The fraction of sp³-hybridized carbons (Fsp3) is 0.444. The fourth-order valence-corrected chi connectivity index (χ4v) is 2.05. The van der Waals surface area contributed by atoms with Crippen LogP contribution >= 0.6 is 0 Å². The van der Waals surface area contributed by atoms with Gasteiger partial charge in [0.25, 0.3) is 0 Å². The molecule has 1 aromatic carbocycles. The Morgan fingerprint density at radius 1 is 1.08 bits per heavy atom. The van der Waals surface area contributed by atoms with Gasteiger partial charge in [0, 0.05) is 5.82 Å². The van der Waals surface area contributed by atoms with Crippen molar-refractivity contribution in [2.45, 2.75) is 47.1 Å². The number of aryl methyl sites for hydroxylation is 2. The average molecular weight is 402 g/mol. The summed E-state index contributed by atoms with van der Waals surface area (Å²) in [5, 5.41) is 3.35. The summed E-state index contributed by atoms with van der Waals surface area (Å²) < 4.78 is 5.86. The molecule has 0 aliphatic carbocycles. The van der Waals surface area contributed by atoms with Crippen LogP contribution in [0, 0.1) is 19.8 Å². The first-order valence-electron chi connectivity index (χ1n) is 7.97. The van der Waals surface area contributed by atoms with E-state index in [0.29, 0.717) is 18.4 Å². The second-order valence-corrected chi connectivity index (χ2v) is 5.90. The SMILES string of the molecule is CCC(COc1ccc(C)cc1)Nc1nc(C)nc([C-](C)C)n1.[Y+3]. The first kappa shape index (κ1) is 20.8. The Hall–Kier alpha value is -1.20. The van der Waals surface area contributed by atoms with Crippen molar-refractivity contribution in [2.24, 2.45) is 0 Å². The Labute approximate surface area is 169 Å². The normalized spacial score (nSPS) is 11.4. The maximum Gasteiger partial charge on any atom is 3.00 e. The van der Waals surface area contributed by atoms with E-state index in [2.05, 4.69) is 34.1 Å². The van der Waals surface area contributed by atoms with Gasteiger partial charge in [0.15, 0.2) is 0 Å². The van der Waals surface area contributed by atoms with Crippen LogP contribution in [0.2, 0.25) is 0 Å². The minimum Gasteiger partial charge on any atom is -0.491 e. The van der Waals surface area contributed by atoms with Crippen molar-refractivity contribution in [1.29, 1.82) is 0 Å². The van der Waals surface area contributed by atoms with Crippen molar-refractivity contribution < 1.29 is 37.4 Å². The number of benzene rings is 1. The summed E-state index contributed by atoms with van der Waals surface area (Å²) in [4.78, 5) is 13.2. The van der Waals surface area contributed by atoms with Crippen LogP contribution in [0.25, 0.3) is 0 Å². The van der Waals surface area contributed by atoms with Gasteiger partial charge in [-0.1, -0.05) is 24.6 Å². The van der Waals surface area contributed by atoms with Gasteiger partial charge in [0.2, 0.25) is 5.95 Å². The summed E-state index contributed by atoms with van der Waals surface area (Å²) >= 11 is 0. The molecule has 0 saturated heterocycles. The topological polar surface area (TPSA) is 59.9 Å². The predicted octanol–water partition coefficient (Wildman–Crippen LogP) is 3.72. The molecule has 0 spiro atoms. The second kappa shape index (κ2) is 9.95. The molecule has 0 aliphatic heterocycles. The molecule has 1 heterocycles. The van der Waals surface area contributed by atoms with E-state index in [1.54, 1.807) is 0 Å². The van der Waals surface area contributed by atoms with Crippen LogP contribution in [-0.4, -0.2) is 27.6 Å². The molecule has 1 unspecified atom stereocenters. The van der Waals surface area contributed by atoms with Gasteiger partial charge in [0.1, 0.15) is 18.2 Å². The van der Waals surface area contributed by atoms with Crippen LogP contribution in [-0.2, 0) is 32.7 Å². The molecule has 1 aromatic heterocycles. The summed E-state index contributed by atoms with van der Waals surface area (Å²) in [6.07, 6.45) is 0.917. The summed E-state index contributed by atoms with van der Waals surface area (Å²) in [6.45, 7) is 10.6. The summed E-state index contributed by atoms with van der Waals surface area (Å²) in [5.41, 5.74) is 1.22. The van der Waals surface area contributed by atoms with E-state index in [4.69, 9.17) is 4.74 Å². The number of nitrogens with one attached hydrogen (secondary N) is 1. The fourth-order valence-electron chi connectivity index (χ4n) is 2.05. The molecule has 0 aliphatic rings. The van der Waals surface area contributed by atoms with Gasteiger partial charge in [-0.15, -0.1) is 0 Å². The molecular weight excluding hydrogens is 377 g/mol. The Balaban J connectivity index is 0.00000288. The Morgan fingerprint density at radius 3 is 2.33 bits per heavy atom. The van der Waals surface area contributed by atoms with Gasteiger partial charge in [-0.2, -0.15) is 18.8 Å². The zero-order valence-corrected chi connectivity index (χ0v) is 18.0. The third-order valence-electron chi connectivity index (χ3n) is 3.49. The van der Waals surface area contributed by atoms with Crippen molar-refractivity contribution >= 4 is 5.95 Å². The molecule has 124 valence electrons. The van der Waals surface area contributed by atoms with E-state index in [-0.39, 0.29) is 38.8 Å². The molecule has 2 aromatic rings.